The van der Waals surface area contributed by atoms with Crippen LogP contribution in [-0.4, -0.2) is 49.5 Å². The molecule has 3 aliphatic rings. The van der Waals surface area contributed by atoms with Gasteiger partial charge < -0.3 is 14.8 Å². The molecule has 116 valence electrons. The maximum Gasteiger partial charge on any atom is 0.0783 e. The number of rotatable bonds is 6. The third-order valence-corrected chi connectivity index (χ3v) is 6.46. The average molecular weight is 299 g/mol. The average Bonchev–Trinajstić information content (AvgIpc) is 3.21. The molecule has 2 heterocycles. The Morgan fingerprint density at radius 2 is 2.20 bits per heavy atom. The van der Waals surface area contributed by atoms with E-state index in [-0.39, 0.29) is 5.60 Å². The molecule has 0 amide bonds. The highest BCUT2D eigenvalue weighted by Crippen LogP contribution is 2.44. The number of likely N-dealkylation sites (N-methyl/N-ethyl adjacent to an activating group) is 1. The summed E-state index contributed by atoms with van der Waals surface area (Å²) in [5.41, 5.74) is 0.184. The lowest BCUT2D eigenvalue weighted by molar-refractivity contribution is -0.0986. The van der Waals surface area contributed by atoms with Crippen molar-refractivity contribution in [3.63, 3.8) is 0 Å². The van der Waals surface area contributed by atoms with Crippen molar-refractivity contribution in [3.8, 4) is 0 Å². The van der Waals surface area contributed by atoms with Crippen LogP contribution in [0.25, 0.3) is 0 Å². The lowest BCUT2D eigenvalue weighted by Gasteiger charge is -2.43. The molecule has 0 bridgehead atoms. The molecule has 4 atom stereocenters. The fraction of sp³-hybridized carbons (Fsp3) is 1.00. The minimum atomic E-state index is 0.184. The molecule has 1 saturated carbocycles. The van der Waals surface area contributed by atoms with Gasteiger partial charge in [-0.15, -0.1) is 0 Å². The first-order chi connectivity index (χ1) is 9.78. The van der Waals surface area contributed by atoms with Gasteiger partial charge in [0.05, 0.1) is 11.7 Å². The summed E-state index contributed by atoms with van der Waals surface area (Å²) < 4.78 is 12.3. The summed E-state index contributed by atoms with van der Waals surface area (Å²) in [5.74, 6) is 3.98. The molecule has 3 nitrogen and oxygen atoms in total. The number of hydrogen-bond donors (Lipinski definition) is 1. The van der Waals surface area contributed by atoms with Crippen LogP contribution >= 0.6 is 11.8 Å². The third kappa shape index (κ3) is 3.18. The standard InChI is InChI=1S/C16H29NO2S/c1-3-18-15(12-4-5-12)14(17-2)13-6-8-19-16(10-13)7-9-20-11-16/h12-15,17H,3-11H2,1-2H3. The minimum absolute atomic E-state index is 0.184. The Kier molecular flexibility index (Phi) is 4.96. The van der Waals surface area contributed by atoms with E-state index in [4.69, 9.17) is 9.47 Å². The van der Waals surface area contributed by atoms with Crippen LogP contribution in [0, 0.1) is 11.8 Å². The normalized spacial score (nSPS) is 37.2. The van der Waals surface area contributed by atoms with E-state index in [1.54, 1.807) is 0 Å². The Morgan fingerprint density at radius 1 is 1.35 bits per heavy atom. The quantitative estimate of drug-likeness (QED) is 0.817. The molecule has 1 aliphatic carbocycles. The largest absolute Gasteiger partial charge is 0.377 e. The van der Waals surface area contributed by atoms with Crippen LogP contribution in [0.5, 0.6) is 0 Å². The molecular weight excluding hydrogens is 270 g/mol. The summed E-state index contributed by atoms with van der Waals surface area (Å²) in [7, 11) is 2.12. The van der Waals surface area contributed by atoms with Crippen molar-refractivity contribution in [2.45, 2.75) is 56.8 Å². The molecular formula is C16H29NO2S. The van der Waals surface area contributed by atoms with E-state index in [2.05, 4.69) is 31.1 Å². The molecule has 0 radical (unpaired) electrons. The molecule has 1 N–H and O–H groups in total. The van der Waals surface area contributed by atoms with Crippen LogP contribution < -0.4 is 5.32 Å². The van der Waals surface area contributed by atoms with E-state index in [0.717, 1.165) is 19.1 Å². The number of hydrogen-bond acceptors (Lipinski definition) is 4. The molecule has 0 aromatic heterocycles. The molecule has 3 rings (SSSR count). The summed E-state index contributed by atoms with van der Waals surface area (Å²) in [6.45, 7) is 3.90. The highest BCUT2D eigenvalue weighted by Gasteiger charge is 2.46. The van der Waals surface area contributed by atoms with Gasteiger partial charge in [0.15, 0.2) is 0 Å². The summed E-state index contributed by atoms with van der Waals surface area (Å²) in [4.78, 5) is 0. The lowest BCUT2D eigenvalue weighted by atomic mass is 9.78. The molecule has 3 fully saturated rings. The molecule has 2 aliphatic heterocycles. The Balaban J connectivity index is 1.67. The Morgan fingerprint density at radius 3 is 2.80 bits per heavy atom. The van der Waals surface area contributed by atoms with Crippen LogP contribution in [0.1, 0.15) is 39.0 Å². The van der Waals surface area contributed by atoms with Gasteiger partial charge in [0.2, 0.25) is 0 Å². The van der Waals surface area contributed by atoms with Gasteiger partial charge in [-0.2, -0.15) is 11.8 Å². The number of thioether (sulfide) groups is 1. The van der Waals surface area contributed by atoms with Gasteiger partial charge in [-0.3, -0.25) is 0 Å². The van der Waals surface area contributed by atoms with Crippen molar-refractivity contribution < 1.29 is 9.47 Å². The Hall–Kier alpha value is 0.230. The SMILES string of the molecule is CCOC(C1CC1)C(NC)C1CCOC2(CCSC2)C1. The maximum atomic E-state index is 6.18. The maximum absolute atomic E-state index is 6.18. The van der Waals surface area contributed by atoms with Crippen LogP contribution in [0.4, 0.5) is 0 Å². The van der Waals surface area contributed by atoms with Gasteiger partial charge in [0.1, 0.15) is 0 Å². The third-order valence-electron chi connectivity index (χ3n) is 5.24. The van der Waals surface area contributed by atoms with E-state index < -0.39 is 0 Å². The smallest absolute Gasteiger partial charge is 0.0783 e. The van der Waals surface area contributed by atoms with Gasteiger partial charge in [-0.05, 0) is 63.7 Å². The second-order valence-electron chi connectivity index (χ2n) is 6.66. The number of ether oxygens (including phenoxy) is 2. The van der Waals surface area contributed by atoms with Gasteiger partial charge in [-0.25, -0.2) is 0 Å². The summed E-state index contributed by atoms with van der Waals surface area (Å²) in [6.07, 6.45) is 6.78. The highest BCUT2D eigenvalue weighted by atomic mass is 32.2. The van der Waals surface area contributed by atoms with Crippen LogP contribution in [0.2, 0.25) is 0 Å². The molecule has 20 heavy (non-hydrogen) atoms. The van der Waals surface area contributed by atoms with Crippen molar-refractivity contribution >= 4 is 11.8 Å². The zero-order chi connectivity index (χ0) is 14.0. The van der Waals surface area contributed by atoms with Gasteiger partial charge in [-0.1, -0.05) is 0 Å². The topological polar surface area (TPSA) is 30.5 Å². The van der Waals surface area contributed by atoms with Crippen LogP contribution in [0.15, 0.2) is 0 Å². The second-order valence-corrected chi connectivity index (χ2v) is 7.76. The molecule has 4 heteroatoms. The van der Waals surface area contributed by atoms with Crippen molar-refractivity contribution in [2.24, 2.45) is 11.8 Å². The summed E-state index contributed by atoms with van der Waals surface area (Å²) >= 11 is 2.06. The summed E-state index contributed by atoms with van der Waals surface area (Å²) in [5, 5.41) is 3.60. The fourth-order valence-electron chi connectivity index (χ4n) is 4.05. The lowest BCUT2D eigenvalue weighted by Crippen LogP contribution is -2.52. The molecule has 1 spiro atoms. The minimum Gasteiger partial charge on any atom is -0.377 e. The van der Waals surface area contributed by atoms with Crippen molar-refractivity contribution in [2.75, 3.05) is 31.8 Å². The number of nitrogens with one attached hydrogen (secondary N) is 1. The monoisotopic (exact) mass is 299 g/mol. The fourth-order valence-corrected chi connectivity index (χ4v) is 5.43. The van der Waals surface area contributed by atoms with E-state index in [9.17, 15) is 0 Å². The molecule has 2 saturated heterocycles. The first kappa shape index (κ1) is 15.1. The van der Waals surface area contributed by atoms with Crippen molar-refractivity contribution in [1.82, 2.24) is 5.32 Å². The van der Waals surface area contributed by atoms with E-state index in [1.165, 1.54) is 43.6 Å². The Bertz CT molecular complexity index is 316. The van der Waals surface area contributed by atoms with Gasteiger partial charge in [0, 0.05) is 25.0 Å². The van der Waals surface area contributed by atoms with Crippen molar-refractivity contribution in [1.29, 1.82) is 0 Å². The first-order valence-electron chi connectivity index (χ1n) is 8.28. The zero-order valence-corrected chi connectivity index (χ0v) is 13.7. The van der Waals surface area contributed by atoms with Crippen LogP contribution in [0.3, 0.4) is 0 Å². The predicted molar refractivity (Wildman–Crippen MR) is 84.3 cm³/mol. The summed E-state index contributed by atoms with van der Waals surface area (Å²) in [6, 6.07) is 0.508. The van der Waals surface area contributed by atoms with Gasteiger partial charge >= 0.3 is 0 Å². The van der Waals surface area contributed by atoms with E-state index >= 15 is 0 Å². The molecule has 0 aromatic rings. The Labute approximate surface area is 127 Å². The molecule has 4 unspecified atom stereocenters. The highest BCUT2D eigenvalue weighted by molar-refractivity contribution is 7.99. The second kappa shape index (κ2) is 6.55. The van der Waals surface area contributed by atoms with E-state index in [0.29, 0.717) is 18.1 Å². The van der Waals surface area contributed by atoms with Gasteiger partial charge in [0.25, 0.3) is 0 Å². The van der Waals surface area contributed by atoms with Crippen LogP contribution in [-0.2, 0) is 9.47 Å². The van der Waals surface area contributed by atoms with Crippen molar-refractivity contribution in [3.05, 3.63) is 0 Å². The zero-order valence-electron chi connectivity index (χ0n) is 12.9. The van der Waals surface area contributed by atoms with E-state index in [1.807, 2.05) is 0 Å². The first-order valence-corrected chi connectivity index (χ1v) is 9.44. The molecule has 0 aromatic carbocycles. The predicted octanol–water partition coefficient (Wildman–Crippen LogP) is 2.69.